The van der Waals surface area contributed by atoms with Crippen molar-refractivity contribution >= 4 is 11.3 Å². The number of hydrogen-bond donors (Lipinski definition) is 1. The molecule has 0 aliphatic rings. The van der Waals surface area contributed by atoms with Gasteiger partial charge < -0.3 is 10.5 Å². The lowest BCUT2D eigenvalue weighted by Gasteiger charge is -2.15. The van der Waals surface area contributed by atoms with Gasteiger partial charge in [-0.3, -0.25) is 0 Å². The van der Waals surface area contributed by atoms with Gasteiger partial charge in [0, 0.05) is 23.0 Å². The minimum atomic E-state index is -0.318. The number of ether oxygens (including phenoxy) is 1. The van der Waals surface area contributed by atoms with Crippen LogP contribution in [0.2, 0.25) is 0 Å². The molecule has 0 atom stereocenters. The molecular formula is C17H24N2OS. The molecule has 114 valence electrons. The number of thiazole rings is 1. The Hall–Kier alpha value is -1.39. The zero-order valence-electron chi connectivity index (χ0n) is 13.2. The molecule has 21 heavy (non-hydrogen) atoms. The summed E-state index contributed by atoms with van der Waals surface area (Å²) in [6, 6.07) is 8.22. The Balaban J connectivity index is 1.95. The molecule has 0 bridgehead atoms. The van der Waals surface area contributed by atoms with E-state index in [0.717, 1.165) is 22.1 Å². The van der Waals surface area contributed by atoms with E-state index in [2.05, 4.69) is 31.0 Å². The van der Waals surface area contributed by atoms with Gasteiger partial charge >= 0.3 is 0 Å². The minimum Gasteiger partial charge on any atom is -0.493 e. The summed E-state index contributed by atoms with van der Waals surface area (Å²) in [6.07, 6.45) is 2.69. The lowest BCUT2D eigenvalue weighted by atomic mass is 10.0. The van der Waals surface area contributed by atoms with Crippen LogP contribution in [0, 0.1) is 0 Å². The zero-order valence-corrected chi connectivity index (χ0v) is 14.0. The molecule has 1 aromatic carbocycles. The topological polar surface area (TPSA) is 48.1 Å². The third kappa shape index (κ3) is 4.29. The van der Waals surface area contributed by atoms with Crippen LogP contribution in [0.5, 0.6) is 5.75 Å². The minimum absolute atomic E-state index is 0.318. The lowest BCUT2D eigenvalue weighted by molar-refractivity contribution is 0.317. The molecule has 2 N–H and O–H groups in total. The first-order chi connectivity index (χ1) is 9.88. The van der Waals surface area contributed by atoms with Crippen LogP contribution < -0.4 is 10.5 Å². The van der Waals surface area contributed by atoms with Crippen molar-refractivity contribution in [3.63, 3.8) is 0 Å². The van der Waals surface area contributed by atoms with Crippen LogP contribution in [-0.4, -0.2) is 11.6 Å². The highest BCUT2D eigenvalue weighted by Crippen LogP contribution is 2.27. The summed E-state index contributed by atoms with van der Waals surface area (Å²) in [5.41, 5.74) is 7.01. The number of nitrogens with two attached hydrogens (primary N) is 1. The lowest BCUT2D eigenvalue weighted by Crippen LogP contribution is -2.27. The SMILES string of the molecule is CC(C)c1ccccc1OCCc1ncc(C(C)(C)N)s1. The van der Waals surface area contributed by atoms with Gasteiger partial charge in [-0.15, -0.1) is 11.3 Å². The maximum atomic E-state index is 6.08. The van der Waals surface area contributed by atoms with E-state index >= 15 is 0 Å². The van der Waals surface area contributed by atoms with Crippen molar-refractivity contribution < 1.29 is 4.74 Å². The number of para-hydroxylation sites is 1. The van der Waals surface area contributed by atoms with Crippen LogP contribution in [0.3, 0.4) is 0 Å². The largest absolute Gasteiger partial charge is 0.493 e. The molecule has 3 nitrogen and oxygen atoms in total. The van der Waals surface area contributed by atoms with Gasteiger partial charge in [-0.1, -0.05) is 32.0 Å². The summed E-state index contributed by atoms with van der Waals surface area (Å²) >= 11 is 1.67. The predicted molar refractivity (Wildman–Crippen MR) is 89.1 cm³/mol. The molecule has 1 heterocycles. The Kier molecular flexibility index (Phi) is 5.01. The summed E-state index contributed by atoms with van der Waals surface area (Å²) in [5.74, 6) is 1.44. The van der Waals surface area contributed by atoms with Crippen molar-refractivity contribution in [3.8, 4) is 5.75 Å². The summed E-state index contributed by atoms with van der Waals surface area (Å²) in [7, 11) is 0. The Morgan fingerprint density at radius 2 is 2.00 bits per heavy atom. The second kappa shape index (κ2) is 6.58. The summed E-state index contributed by atoms with van der Waals surface area (Å²) in [4.78, 5) is 5.54. The molecule has 2 rings (SSSR count). The molecule has 0 aliphatic heterocycles. The third-order valence-electron chi connectivity index (χ3n) is 3.30. The van der Waals surface area contributed by atoms with Crippen molar-refractivity contribution in [2.24, 2.45) is 5.73 Å². The van der Waals surface area contributed by atoms with Gasteiger partial charge in [0.2, 0.25) is 0 Å². The average molecular weight is 304 g/mol. The second-order valence-electron chi connectivity index (χ2n) is 6.13. The highest BCUT2D eigenvalue weighted by Gasteiger charge is 2.17. The van der Waals surface area contributed by atoms with Gasteiger partial charge in [0.1, 0.15) is 5.75 Å². The molecule has 0 radical (unpaired) electrons. The van der Waals surface area contributed by atoms with Gasteiger partial charge in [-0.05, 0) is 31.4 Å². The van der Waals surface area contributed by atoms with Crippen molar-refractivity contribution in [1.29, 1.82) is 0 Å². The Labute approximate surface area is 131 Å². The fourth-order valence-electron chi connectivity index (χ4n) is 2.06. The molecule has 0 unspecified atom stereocenters. The Morgan fingerprint density at radius 1 is 1.29 bits per heavy atom. The smallest absolute Gasteiger partial charge is 0.122 e. The zero-order chi connectivity index (χ0) is 15.5. The van der Waals surface area contributed by atoms with Gasteiger partial charge in [0.25, 0.3) is 0 Å². The number of benzene rings is 1. The van der Waals surface area contributed by atoms with E-state index in [1.165, 1.54) is 5.56 Å². The number of nitrogens with zero attached hydrogens (tertiary/aromatic N) is 1. The van der Waals surface area contributed by atoms with E-state index in [-0.39, 0.29) is 5.54 Å². The molecule has 0 fully saturated rings. The molecule has 1 aromatic heterocycles. The van der Waals surface area contributed by atoms with Crippen LogP contribution >= 0.6 is 11.3 Å². The summed E-state index contributed by atoms with van der Waals surface area (Å²) < 4.78 is 5.93. The Bertz CT molecular complexity index is 584. The first-order valence-electron chi connectivity index (χ1n) is 7.33. The summed E-state index contributed by atoms with van der Waals surface area (Å²) in [5, 5.41) is 1.07. The molecule has 0 amide bonds. The number of hydrogen-bond acceptors (Lipinski definition) is 4. The Morgan fingerprint density at radius 3 is 2.62 bits per heavy atom. The van der Waals surface area contributed by atoms with E-state index in [4.69, 9.17) is 10.5 Å². The van der Waals surface area contributed by atoms with Gasteiger partial charge in [0.15, 0.2) is 0 Å². The summed E-state index contributed by atoms with van der Waals surface area (Å²) in [6.45, 7) is 9.00. The van der Waals surface area contributed by atoms with E-state index < -0.39 is 0 Å². The molecule has 0 saturated heterocycles. The van der Waals surface area contributed by atoms with Crippen molar-refractivity contribution in [2.45, 2.75) is 45.6 Å². The fraction of sp³-hybridized carbons (Fsp3) is 0.471. The van der Waals surface area contributed by atoms with Crippen molar-refractivity contribution in [3.05, 3.63) is 45.9 Å². The van der Waals surface area contributed by atoms with E-state index in [9.17, 15) is 0 Å². The van der Waals surface area contributed by atoms with E-state index in [0.29, 0.717) is 12.5 Å². The number of aromatic nitrogens is 1. The van der Waals surface area contributed by atoms with Crippen molar-refractivity contribution in [1.82, 2.24) is 4.98 Å². The standard InChI is InChI=1S/C17H24N2OS/c1-12(2)13-7-5-6-8-14(13)20-10-9-16-19-11-15(21-16)17(3,4)18/h5-8,11-12H,9-10,18H2,1-4H3. The second-order valence-corrected chi connectivity index (χ2v) is 7.25. The molecule has 2 aromatic rings. The highest BCUT2D eigenvalue weighted by molar-refractivity contribution is 7.11. The predicted octanol–water partition coefficient (Wildman–Crippen LogP) is 4.08. The van der Waals surface area contributed by atoms with Crippen molar-refractivity contribution in [2.75, 3.05) is 6.61 Å². The van der Waals surface area contributed by atoms with Gasteiger partial charge in [-0.2, -0.15) is 0 Å². The molecule has 4 heteroatoms. The van der Waals surface area contributed by atoms with Crippen LogP contribution in [0.15, 0.2) is 30.5 Å². The monoisotopic (exact) mass is 304 g/mol. The van der Waals surface area contributed by atoms with Crippen LogP contribution in [-0.2, 0) is 12.0 Å². The first-order valence-corrected chi connectivity index (χ1v) is 8.15. The molecule has 0 spiro atoms. The average Bonchev–Trinajstić information content (AvgIpc) is 2.88. The van der Waals surface area contributed by atoms with E-state index in [1.807, 2.05) is 32.2 Å². The fourth-order valence-corrected chi connectivity index (χ4v) is 2.97. The highest BCUT2D eigenvalue weighted by atomic mass is 32.1. The normalized spacial score (nSPS) is 11.9. The number of rotatable bonds is 6. The van der Waals surface area contributed by atoms with Crippen LogP contribution in [0.4, 0.5) is 0 Å². The molecule has 0 saturated carbocycles. The molecular weight excluding hydrogens is 280 g/mol. The third-order valence-corrected chi connectivity index (χ3v) is 4.70. The molecule has 0 aliphatic carbocycles. The van der Waals surface area contributed by atoms with Crippen LogP contribution in [0.25, 0.3) is 0 Å². The van der Waals surface area contributed by atoms with Crippen LogP contribution in [0.1, 0.15) is 49.1 Å². The van der Waals surface area contributed by atoms with Gasteiger partial charge in [-0.25, -0.2) is 4.98 Å². The first kappa shape index (κ1) is 16.0. The van der Waals surface area contributed by atoms with Gasteiger partial charge in [0.05, 0.1) is 11.6 Å². The quantitative estimate of drug-likeness (QED) is 0.874. The maximum absolute atomic E-state index is 6.08. The van der Waals surface area contributed by atoms with E-state index in [1.54, 1.807) is 11.3 Å². The maximum Gasteiger partial charge on any atom is 0.122 e.